The molecule has 30 heavy (non-hydrogen) atoms. The first-order valence-electron chi connectivity index (χ1n) is 10.6. The molecule has 1 unspecified atom stereocenters. The van der Waals surface area contributed by atoms with Crippen molar-refractivity contribution >= 4 is 5.97 Å². The third-order valence-electron chi connectivity index (χ3n) is 6.12. The summed E-state index contributed by atoms with van der Waals surface area (Å²) in [4.78, 5) is 11.0. The van der Waals surface area contributed by atoms with E-state index in [9.17, 15) is 4.79 Å². The third-order valence-corrected chi connectivity index (χ3v) is 6.12. The number of benzene rings is 2. The Morgan fingerprint density at radius 3 is 2.73 bits per heavy atom. The Morgan fingerprint density at radius 1 is 1.23 bits per heavy atom. The molecular weight excluding hydrogens is 380 g/mol. The summed E-state index contributed by atoms with van der Waals surface area (Å²) in [5.41, 5.74) is 4.77. The van der Waals surface area contributed by atoms with Crippen LogP contribution in [0.5, 0.6) is 11.5 Å². The maximum Gasteiger partial charge on any atom is 0.304 e. The smallest absolute Gasteiger partial charge is 0.304 e. The van der Waals surface area contributed by atoms with Gasteiger partial charge in [0.15, 0.2) is 0 Å². The second-order valence-corrected chi connectivity index (χ2v) is 9.35. The van der Waals surface area contributed by atoms with Crippen molar-refractivity contribution in [3.8, 4) is 11.5 Å². The van der Waals surface area contributed by atoms with Crippen LogP contribution in [0.1, 0.15) is 74.0 Å². The Balaban J connectivity index is 1.56. The van der Waals surface area contributed by atoms with E-state index < -0.39 is 5.97 Å². The van der Waals surface area contributed by atoms with Gasteiger partial charge in [-0.3, -0.25) is 4.79 Å². The molecule has 160 valence electrons. The van der Waals surface area contributed by atoms with Gasteiger partial charge in [0.2, 0.25) is 0 Å². The zero-order valence-electron chi connectivity index (χ0n) is 18.1. The molecule has 0 amide bonds. The van der Waals surface area contributed by atoms with E-state index in [0.29, 0.717) is 6.61 Å². The summed E-state index contributed by atoms with van der Waals surface area (Å²) in [6.45, 7) is 7.01. The molecule has 1 N–H and O–H groups in total. The van der Waals surface area contributed by atoms with Gasteiger partial charge in [0.1, 0.15) is 17.6 Å². The molecule has 5 heteroatoms. The highest BCUT2D eigenvalue weighted by atomic mass is 16.5. The lowest BCUT2D eigenvalue weighted by Crippen LogP contribution is -2.21. The summed E-state index contributed by atoms with van der Waals surface area (Å²) < 4.78 is 18.0. The lowest BCUT2D eigenvalue weighted by molar-refractivity contribution is -0.137. The van der Waals surface area contributed by atoms with Gasteiger partial charge in [0.25, 0.3) is 0 Å². The summed E-state index contributed by atoms with van der Waals surface area (Å²) >= 11 is 0. The maximum atomic E-state index is 11.0. The fourth-order valence-electron chi connectivity index (χ4n) is 4.83. The lowest BCUT2D eigenvalue weighted by atomic mass is 9.82. The number of carbonyl (C=O) groups is 1. The van der Waals surface area contributed by atoms with Crippen molar-refractivity contribution < 1.29 is 24.1 Å². The summed E-state index contributed by atoms with van der Waals surface area (Å²) in [7, 11) is 1.78. The number of hydrogen-bond acceptors (Lipinski definition) is 4. The van der Waals surface area contributed by atoms with Crippen LogP contribution in [0.15, 0.2) is 36.4 Å². The number of aliphatic carboxylic acids is 1. The van der Waals surface area contributed by atoms with Crippen molar-refractivity contribution in [2.75, 3.05) is 13.7 Å². The van der Waals surface area contributed by atoms with Crippen LogP contribution in [-0.4, -0.2) is 24.8 Å². The predicted molar refractivity (Wildman–Crippen MR) is 114 cm³/mol. The topological polar surface area (TPSA) is 65.0 Å². The number of methoxy groups -OCH3 is 1. The van der Waals surface area contributed by atoms with Crippen molar-refractivity contribution in [1.82, 2.24) is 0 Å². The van der Waals surface area contributed by atoms with E-state index in [1.165, 1.54) is 16.7 Å². The summed E-state index contributed by atoms with van der Waals surface area (Å²) in [6.07, 6.45) is 2.00. The van der Waals surface area contributed by atoms with Crippen LogP contribution >= 0.6 is 0 Å². The summed E-state index contributed by atoms with van der Waals surface area (Å²) in [5.74, 6) is 0.592. The minimum atomic E-state index is -0.806. The van der Waals surface area contributed by atoms with E-state index in [4.69, 9.17) is 19.3 Å². The molecule has 0 radical (unpaired) electrons. The zero-order valence-corrected chi connectivity index (χ0v) is 18.1. The minimum absolute atomic E-state index is 0.00658. The highest BCUT2D eigenvalue weighted by Crippen LogP contribution is 2.45. The normalized spacial score (nSPS) is 20.9. The molecule has 2 aromatic carbocycles. The Morgan fingerprint density at radius 2 is 2.03 bits per heavy atom. The Kier molecular flexibility index (Phi) is 5.49. The van der Waals surface area contributed by atoms with E-state index in [2.05, 4.69) is 39.0 Å². The van der Waals surface area contributed by atoms with E-state index >= 15 is 0 Å². The van der Waals surface area contributed by atoms with Crippen molar-refractivity contribution in [3.63, 3.8) is 0 Å². The van der Waals surface area contributed by atoms with E-state index in [1.54, 1.807) is 7.11 Å². The van der Waals surface area contributed by atoms with Gasteiger partial charge in [-0.05, 0) is 41.0 Å². The lowest BCUT2D eigenvalue weighted by Gasteiger charge is -2.31. The SMILES string of the molecule is CO[C@@H](c1cccc2c1CC[C@@H]2Oc1ccc2c(c1)OCC2CC(=O)O)C(C)(C)C. The highest BCUT2D eigenvalue weighted by Gasteiger charge is 2.33. The van der Waals surface area contributed by atoms with E-state index in [0.717, 1.165) is 29.9 Å². The molecule has 0 fully saturated rings. The Bertz CT molecular complexity index is 943. The fraction of sp³-hybridized carbons (Fsp3) is 0.480. The first-order chi connectivity index (χ1) is 14.3. The van der Waals surface area contributed by atoms with Gasteiger partial charge < -0.3 is 19.3 Å². The quantitative estimate of drug-likeness (QED) is 0.687. The van der Waals surface area contributed by atoms with Crippen LogP contribution in [-0.2, 0) is 16.0 Å². The average Bonchev–Trinajstić information content (AvgIpc) is 3.26. The van der Waals surface area contributed by atoms with Crippen molar-refractivity contribution in [1.29, 1.82) is 0 Å². The van der Waals surface area contributed by atoms with Gasteiger partial charge >= 0.3 is 5.97 Å². The average molecular weight is 411 g/mol. The molecule has 5 nitrogen and oxygen atoms in total. The minimum Gasteiger partial charge on any atom is -0.492 e. The zero-order chi connectivity index (χ0) is 21.5. The number of fused-ring (bicyclic) bond motifs is 2. The molecular formula is C25H30O5. The van der Waals surface area contributed by atoms with Crippen LogP contribution in [0, 0.1) is 5.41 Å². The molecule has 2 aliphatic rings. The first-order valence-corrected chi connectivity index (χ1v) is 10.6. The maximum absolute atomic E-state index is 11.0. The number of hydrogen-bond donors (Lipinski definition) is 1. The van der Waals surface area contributed by atoms with Gasteiger partial charge in [0.05, 0.1) is 19.1 Å². The molecule has 0 saturated carbocycles. The summed E-state index contributed by atoms with van der Waals surface area (Å²) in [6, 6.07) is 12.2. The van der Waals surface area contributed by atoms with Crippen LogP contribution in [0.3, 0.4) is 0 Å². The number of carboxylic acid groups (broad SMARTS) is 1. The first kappa shape index (κ1) is 20.7. The Hall–Kier alpha value is -2.53. The standard InChI is InChI=1S/C25H30O5/c1-25(2,3)24(28-4)20-7-5-6-19-18(20)10-11-21(19)30-16-8-9-17-15(12-23(26)27)14-29-22(17)13-16/h5-9,13,15,21,24H,10-12,14H2,1-4H3,(H,26,27)/t15?,21-,24-/m0/s1. The third kappa shape index (κ3) is 3.91. The molecule has 0 saturated heterocycles. The predicted octanol–water partition coefficient (Wildman–Crippen LogP) is 5.44. The molecule has 4 rings (SSSR count). The fourth-order valence-corrected chi connectivity index (χ4v) is 4.83. The molecule has 1 aliphatic carbocycles. The van der Waals surface area contributed by atoms with Gasteiger partial charge in [-0.1, -0.05) is 45.0 Å². The largest absolute Gasteiger partial charge is 0.492 e. The summed E-state index contributed by atoms with van der Waals surface area (Å²) in [5, 5.41) is 9.08. The number of carboxylic acids is 1. The second kappa shape index (κ2) is 7.95. The van der Waals surface area contributed by atoms with Crippen molar-refractivity contribution in [2.45, 2.75) is 58.2 Å². The molecule has 1 heterocycles. The molecule has 2 aromatic rings. The number of ether oxygens (including phenoxy) is 3. The van der Waals surface area contributed by atoms with E-state index in [-0.39, 0.29) is 30.0 Å². The van der Waals surface area contributed by atoms with Crippen molar-refractivity contribution in [3.05, 3.63) is 58.7 Å². The second-order valence-electron chi connectivity index (χ2n) is 9.35. The van der Waals surface area contributed by atoms with Gasteiger partial charge in [-0.25, -0.2) is 0 Å². The van der Waals surface area contributed by atoms with Crippen molar-refractivity contribution in [2.24, 2.45) is 5.41 Å². The molecule has 0 spiro atoms. The molecule has 1 aliphatic heterocycles. The van der Waals surface area contributed by atoms with Crippen LogP contribution in [0.4, 0.5) is 0 Å². The van der Waals surface area contributed by atoms with Crippen LogP contribution < -0.4 is 9.47 Å². The number of rotatable bonds is 6. The highest BCUT2D eigenvalue weighted by molar-refractivity contribution is 5.68. The van der Waals surface area contributed by atoms with Gasteiger partial charge in [-0.15, -0.1) is 0 Å². The Labute approximate surface area is 178 Å². The molecule has 3 atom stereocenters. The van der Waals surface area contributed by atoms with Crippen LogP contribution in [0.25, 0.3) is 0 Å². The molecule has 0 bridgehead atoms. The molecule has 0 aromatic heterocycles. The van der Waals surface area contributed by atoms with Crippen LogP contribution in [0.2, 0.25) is 0 Å². The van der Waals surface area contributed by atoms with Gasteiger partial charge in [0, 0.05) is 24.7 Å². The van der Waals surface area contributed by atoms with E-state index in [1.807, 2.05) is 18.2 Å². The van der Waals surface area contributed by atoms with Gasteiger partial charge in [-0.2, -0.15) is 0 Å². The monoisotopic (exact) mass is 410 g/mol.